The zero-order valence-electron chi connectivity index (χ0n) is 16.2. The van der Waals surface area contributed by atoms with Crippen molar-refractivity contribution < 1.29 is 18.3 Å². The standard InChI is InChI=1S/C21H17F2N5O2/c1-29-20-17(10-25-21(26-20)30-2)18-9-16(19-24-3-4-28(19)27-18)15-8-14(15)11-5-12(22)7-13(23)6-11/h3-7,9-10,14-15H,8H2,1-2H3/t14-,15+/m1/s1. The van der Waals surface area contributed by atoms with E-state index in [9.17, 15) is 8.78 Å². The average Bonchev–Trinajstić information content (AvgIpc) is 3.40. The highest BCUT2D eigenvalue weighted by atomic mass is 19.1. The summed E-state index contributed by atoms with van der Waals surface area (Å²) >= 11 is 0. The Labute approximate surface area is 170 Å². The lowest BCUT2D eigenvalue weighted by atomic mass is 10.0. The first-order valence-corrected chi connectivity index (χ1v) is 9.33. The van der Waals surface area contributed by atoms with Crippen LogP contribution in [0, 0.1) is 11.6 Å². The van der Waals surface area contributed by atoms with E-state index in [1.165, 1.54) is 26.4 Å². The largest absolute Gasteiger partial charge is 0.480 e. The summed E-state index contributed by atoms with van der Waals surface area (Å²) in [6.07, 6.45) is 5.77. The van der Waals surface area contributed by atoms with E-state index in [2.05, 4.69) is 20.1 Å². The van der Waals surface area contributed by atoms with Gasteiger partial charge in [0.2, 0.25) is 5.88 Å². The van der Waals surface area contributed by atoms with Crippen molar-refractivity contribution in [2.45, 2.75) is 18.3 Å². The van der Waals surface area contributed by atoms with Crippen LogP contribution in [0.15, 0.2) is 42.9 Å². The van der Waals surface area contributed by atoms with E-state index in [-0.39, 0.29) is 17.8 Å². The predicted molar refractivity (Wildman–Crippen MR) is 104 cm³/mol. The molecule has 7 nitrogen and oxygen atoms in total. The third kappa shape index (κ3) is 3.12. The highest BCUT2D eigenvalue weighted by molar-refractivity contribution is 5.68. The van der Waals surface area contributed by atoms with Crippen molar-refractivity contribution in [2.75, 3.05) is 14.2 Å². The lowest BCUT2D eigenvalue weighted by molar-refractivity contribution is 0.353. The van der Waals surface area contributed by atoms with Crippen molar-refractivity contribution in [3.05, 3.63) is 65.6 Å². The molecule has 1 aliphatic rings. The molecule has 0 bridgehead atoms. The summed E-state index contributed by atoms with van der Waals surface area (Å²) in [6, 6.07) is 5.76. The molecule has 3 heterocycles. The van der Waals surface area contributed by atoms with Gasteiger partial charge in [-0.1, -0.05) is 0 Å². The van der Waals surface area contributed by atoms with Gasteiger partial charge in [-0.25, -0.2) is 23.3 Å². The topological polar surface area (TPSA) is 74.4 Å². The first kappa shape index (κ1) is 18.4. The van der Waals surface area contributed by atoms with Gasteiger partial charge < -0.3 is 9.47 Å². The van der Waals surface area contributed by atoms with E-state index < -0.39 is 11.6 Å². The van der Waals surface area contributed by atoms with Gasteiger partial charge in [-0.2, -0.15) is 10.1 Å². The average molecular weight is 409 g/mol. The van der Waals surface area contributed by atoms with E-state index in [4.69, 9.17) is 9.47 Å². The summed E-state index contributed by atoms with van der Waals surface area (Å²) in [5.74, 6) is -0.725. The molecule has 0 unspecified atom stereocenters. The molecule has 9 heteroatoms. The molecule has 0 spiro atoms. The Morgan fingerprint density at radius 2 is 1.80 bits per heavy atom. The number of ether oxygens (including phenoxy) is 2. The third-order valence-corrected chi connectivity index (χ3v) is 5.27. The normalized spacial score (nSPS) is 17.9. The predicted octanol–water partition coefficient (Wildman–Crippen LogP) is 3.75. The monoisotopic (exact) mass is 409 g/mol. The van der Waals surface area contributed by atoms with Crippen LogP contribution in [0.5, 0.6) is 11.9 Å². The molecule has 0 aliphatic heterocycles. The number of benzene rings is 1. The number of hydrogen-bond donors (Lipinski definition) is 0. The molecular weight excluding hydrogens is 392 g/mol. The Morgan fingerprint density at radius 3 is 2.53 bits per heavy atom. The third-order valence-electron chi connectivity index (χ3n) is 5.27. The van der Waals surface area contributed by atoms with Gasteiger partial charge in [-0.3, -0.25) is 0 Å². The van der Waals surface area contributed by atoms with Crippen LogP contribution in [0.1, 0.15) is 29.4 Å². The fourth-order valence-electron chi connectivity index (χ4n) is 3.82. The Balaban J connectivity index is 1.58. The highest BCUT2D eigenvalue weighted by Gasteiger charge is 2.42. The minimum absolute atomic E-state index is 0.0139. The molecule has 5 rings (SSSR count). The number of rotatable bonds is 5. The number of fused-ring (bicyclic) bond motifs is 1. The molecule has 0 N–H and O–H groups in total. The van der Waals surface area contributed by atoms with Gasteiger partial charge in [0.15, 0.2) is 5.65 Å². The second-order valence-electron chi connectivity index (χ2n) is 7.11. The highest BCUT2D eigenvalue weighted by Crippen LogP contribution is 2.56. The maximum Gasteiger partial charge on any atom is 0.319 e. The van der Waals surface area contributed by atoms with E-state index in [0.717, 1.165) is 18.1 Å². The summed E-state index contributed by atoms with van der Waals surface area (Å²) in [7, 11) is 2.99. The number of halogens is 2. The Kier molecular flexibility index (Phi) is 4.30. The zero-order chi connectivity index (χ0) is 20.8. The van der Waals surface area contributed by atoms with Crippen molar-refractivity contribution in [1.82, 2.24) is 24.6 Å². The fourth-order valence-corrected chi connectivity index (χ4v) is 3.82. The minimum Gasteiger partial charge on any atom is -0.480 e. The molecule has 0 amide bonds. The van der Waals surface area contributed by atoms with Gasteiger partial charge in [0.05, 0.1) is 25.5 Å². The van der Waals surface area contributed by atoms with E-state index in [0.29, 0.717) is 28.3 Å². The number of methoxy groups -OCH3 is 2. The molecule has 0 saturated heterocycles. The molecule has 30 heavy (non-hydrogen) atoms. The molecule has 0 radical (unpaired) electrons. The molecule has 1 aliphatic carbocycles. The Bertz CT molecular complexity index is 1240. The lowest BCUT2D eigenvalue weighted by Gasteiger charge is -2.10. The summed E-state index contributed by atoms with van der Waals surface area (Å²) in [5, 5.41) is 4.60. The van der Waals surface area contributed by atoms with Crippen molar-refractivity contribution in [3.63, 3.8) is 0 Å². The summed E-state index contributed by atoms with van der Waals surface area (Å²) in [4.78, 5) is 12.8. The molecular formula is C21H17F2N5O2. The maximum atomic E-state index is 13.7. The van der Waals surface area contributed by atoms with Crippen molar-refractivity contribution >= 4 is 5.65 Å². The van der Waals surface area contributed by atoms with E-state index in [1.54, 1.807) is 23.1 Å². The van der Waals surface area contributed by atoms with Gasteiger partial charge in [-0.05, 0) is 42.0 Å². The summed E-state index contributed by atoms with van der Waals surface area (Å²) < 4.78 is 39.5. The van der Waals surface area contributed by atoms with Crippen LogP contribution in [0.2, 0.25) is 0 Å². The maximum absolute atomic E-state index is 13.7. The minimum atomic E-state index is -0.572. The van der Waals surface area contributed by atoms with Crippen LogP contribution in [-0.2, 0) is 0 Å². The molecule has 152 valence electrons. The molecule has 4 aromatic rings. The molecule has 2 atom stereocenters. The van der Waals surface area contributed by atoms with E-state index in [1.807, 2.05) is 6.07 Å². The van der Waals surface area contributed by atoms with Gasteiger partial charge in [0, 0.05) is 30.2 Å². The van der Waals surface area contributed by atoms with E-state index >= 15 is 0 Å². The van der Waals surface area contributed by atoms with Crippen molar-refractivity contribution in [1.29, 1.82) is 0 Å². The number of aromatic nitrogens is 5. The molecule has 3 aromatic heterocycles. The zero-order valence-corrected chi connectivity index (χ0v) is 16.2. The van der Waals surface area contributed by atoms with Gasteiger partial charge >= 0.3 is 6.01 Å². The van der Waals surface area contributed by atoms with Crippen molar-refractivity contribution in [3.8, 4) is 23.1 Å². The van der Waals surface area contributed by atoms with Crippen LogP contribution >= 0.6 is 0 Å². The van der Waals surface area contributed by atoms with Gasteiger partial charge in [-0.15, -0.1) is 0 Å². The van der Waals surface area contributed by atoms with Crippen LogP contribution in [-0.4, -0.2) is 38.8 Å². The SMILES string of the molecule is COc1ncc(-c2cc([C@H]3C[C@@H]3c3cc(F)cc(F)c3)c3nccn3n2)c(OC)n1. The number of imidazole rings is 1. The fraction of sp³-hybridized carbons (Fsp3) is 0.238. The first-order valence-electron chi connectivity index (χ1n) is 9.33. The smallest absolute Gasteiger partial charge is 0.319 e. The van der Waals surface area contributed by atoms with Crippen molar-refractivity contribution in [2.24, 2.45) is 0 Å². The number of nitrogens with zero attached hydrogens (tertiary/aromatic N) is 5. The Hall–Kier alpha value is -3.62. The van der Waals surface area contributed by atoms with Crippen LogP contribution in [0.4, 0.5) is 8.78 Å². The molecule has 1 saturated carbocycles. The molecule has 1 fully saturated rings. The van der Waals surface area contributed by atoms with Crippen LogP contribution in [0.25, 0.3) is 16.9 Å². The quantitative estimate of drug-likeness (QED) is 0.500. The molecule has 1 aromatic carbocycles. The summed E-state index contributed by atoms with van der Waals surface area (Å²) in [6.45, 7) is 0. The van der Waals surface area contributed by atoms with Crippen LogP contribution < -0.4 is 9.47 Å². The van der Waals surface area contributed by atoms with Gasteiger partial charge in [0.25, 0.3) is 0 Å². The first-order chi connectivity index (χ1) is 14.6. The Morgan fingerprint density at radius 1 is 1.00 bits per heavy atom. The van der Waals surface area contributed by atoms with Gasteiger partial charge in [0.1, 0.15) is 11.6 Å². The second-order valence-corrected chi connectivity index (χ2v) is 7.11. The summed E-state index contributed by atoms with van der Waals surface area (Å²) in [5.41, 5.74) is 3.50. The lowest BCUT2D eigenvalue weighted by Crippen LogP contribution is -2.02. The number of hydrogen-bond acceptors (Lipinski definition) is 6. The second kappa shape index (κ2) is 7.01. The van der Waals surface area contributed by atoms with Crippen LogP contribution in [0.3, 0.4) is 0 Å².